The van der Waals surface area contributed by atoms with Gasteiger partial charge < -0.3 is 15.2 Å². The summed E-state index contributed by atoms with van der Waals surface area (Å²) in [7, 11) is 0. The van der Waals surface area contributed by atoms with E-state index in [-0.39, 0.29) is 30.5 Å². The van der Waals surface area contributed by atoms with Crippen molar-refractivity contribution in [2.45, 2.75) is 38.8 Å². The number of Topliss-reactive ketones (excluding diaryl/α,β-unsaturated/α-hetero) is 1. The van der Waals surface area contributed by atoms with Crippen LogP contribution in [-0.4, -0.2) is 33.3 Å². The number of benzene rings is 2. The SMILES string of the molecule is Cc1ccccc1-c1ccc(C(=O)N2CC(=O)CC2c2noc(C(C)(C)N)n2)cc1. The summed E-state index contributed by atoms with van der Waals surface area (Å²) >= 11 is 0. The summed E-state index contributed by atoms with van der Waals surface area (Å²) in [5, 5.41) is 3.98. The molecule has 154 valence electrons. The molecule has 2 heterocycles. The zero-order chi connectivity index (χ0) is 21.5. The van der Waals surface area contributed by atoms with Gasteiger partial charge in [0.2, 0.25) is 5.89 Å². The number of aromatic nitrogens is 2. The van der Waals surface area contributed by atoms with Crippen molar-refractivity contribution in [2.24, 2.45) is 5.73 Å². The lowest BCUT2D eigenvalue weighted by Crippen LogP contribution is -2.32. The molecule has 1 aromatic heterocycles. The lowest BCUT2D eigenvalue weighted by molar-refractivity contribution is -0.116. The molecule has 7 nitrogen and oxygen atoms in total. The summed E-state index contributed by atoms with van der Waals surface area (Å²) in [6, 6.07) is 15.0. The number of amides is 1. The largest absolute Gasteiger partial charge is 0.337 e. The fourth-order valence-corrected chi connectivity index (χ4v) is 3.62. The number of hydrogen-bond donors (Lipinski definition) is 1. The number of ketones is 1. The third kappa shape index (κ3) is 3.76. The van der Waals surface area contributed by atoms with Crippen LogP contribution in [-0.2, 0) is 10.3 Å². The van der Waals surface area contributed by atoms with Crippen molar-refractivity contribution in [1.82, 2.24) is 15.0 Å². The molecule has 30 heavy (non-hydrogen) atoms. The van der Waals surface area contributed by atoms with E-state index < -0.39 is 11.6 Å². The first-order chi connectivity index (χ1) is 14.2. The Morgan fingerprint density at radius 1 is 1.17 bits per heavy atom. The molecule has 0 radical (unpaired) electrons. The molecule has 3 aromatic rings. The highest BCUT2D eigenvalue weighted by atomic mass is 16.5. The van der Waals surface area contributed by atoms with Crippen LogP contribution in [0.1, 0.15) is 53.9 Å². The predicted molar refractivity (Wildman–Crippen MR) is 112 cm³/mol. The Morgan fingerprint density at radius 3 is 2.50 bits per heavy atom. The molecule has 0 aliphatic carbocycles. The van der Waals surface area contributed by atoms with Crippen molar-refractivity contribution in [1.29, 1.82) is 0 Å². The van der Waals surface area contributed by atoms with Gasteiger partial charge in [0.15, 0.2) is 11.6 Å². The molecule has 1 saturated heterocycles. The van der Waals surface area contributed by atoms with E-state index in [1.165, 1.54) is 4.90 Å². The van der Waals surface area contributed by atoms with Gasteiger partial charge in [0.25, 0.3) is 5.91 Å². The Bertz CT molecular complexity index is 1100. The van der Waals surface area contributed by atoms with Crippen LogP contribution in [0.4, 0.5) is 0 Å². The molecule has 1 unspecified atom stereocenters. The Balaban J connectivity index is 1.59. The van der Waals surface area contributed by atoms with Gasteiger partial charge in [-0.25, -0.2) is 0 Å². The minimum atomic E-state index is -0.798. The summed E-state index contributed by atoms with van der Waals surface area (Å²) in [6.45, 7) is 5.58. The summed E-state index contributed by atoms with van der Waals surface area (Å²) in [5.41, 5.74) is 9.04. The van der Waals surface area contributed by atoms with Gasteiger partial charge in [-0.1, -0.05) is 41.6 Å². The third-order valence-electron chi connectivity index (χ3n) is 5.28. The second-order valence-corrected chi connectivity index (χ2v) is 8.26. The molecular weight excluding hydrogens is 380 g/mol. The van der Waals surface area contributed by atoms with Gasteiger partial charge in [0, 0.05) is 12.0 Å². The van der Waals surface area contributed by atoms with Gasteiger partial charge in [0.1, 0.15) is 6.04 Å². The average Bonchev–Trinajstić information content (AvgIpc) is 3.35. The molecule has 1 aliphatic heterocycles. The highest BCUT2D eigenvalue weighted by Gasteiger charge is 2.39. The molecule has 1 fully saturated rings. The Hall–Kier alpha value is -3.32. The molecule has 1 atom stereocenters. The number of rotatable bonds is 4. The van der Waals surface area contributed by atoms with Crippen LogP contribution in [0.5, 0.6) is 0 Å². The van der Waals surface area contributed by atoms with Gasteiger partial charge in [-0.15, -0.1) is 0 Å². The van der Waals surface area contributed by atoms with Crippen LogP contribution in [0.25, 0.3) is 11.1 Å². The predicted octanol–water partition coefficient (Wildman–Crippen LogP) is 3.40. The highest BCUT2D eigenvalue weighted by Crippen LogP contribution is 2.31. The monoisotopic (exact) mass is 404 g/mol. The molecule has 4 rings (SSSR count). The van der Waals surface area contributed by atoms with Crippen LogP contribution < -0.4 is 5.73 Å². The quantitative estimate of drug-likeness (QED) is 0.715. The Labute approximate surface area is 174 Å². The molecule has 2 aromatic carbocycles. The highest BCUT2D eigenvalue weighted by molar-refractivity contribution is 5.99. The molecule has 1 amide bonds. The number of nitrogens with zero attached hydrogens (tertiary/aromatic N) is 3. The van der Waals surface area contributed by atoms with Crippen molar-refractivity contribution >= 4 is 11.7 Å². The van der Waals surface area contributed by atoms with Crippen molar-refractivity contribution in [3.63, 3.8) is 0 Å². The van der Waals surface area contributed by atoms with Gasteiger partial charge in [-0.05, 0) is 49.6 Å². The molecule has 1 aliphatic rings. The number of carbonyl (C=O) groups excluding carboxylic acids is 2. The number of nitrogens with two attached hydrogens (primary N) is 1. The van der Waals surface area contributed by atoms with Crippen molar-refractivity contribution in [3.05, 3.63) is 71.4 Å². The smallest absolute Gasteiger partial charge is 0.254 e. The fraction of sp³-hybridized carbons (Fsp3) is 0.304. The molecular formula is C23H24N4O3. The minimum absolute atomic E-state index is 0.0267. The summed E-state index contributed by atoms with van der Waals surface area (Å²) in [5.74, 6) is 0.301. The van der Waals surface area contributed by atoms with E-state index >= 15 is 0 Å². The lowest BCUT2D eigenvalue weighted by atomic mass is 9.99. The van der Waals surface area contributed by atoms with Crippen molar-refractivity contribution in [2.75, 3.05) is 6.54 Å². The first-order valence-corrected chi connectivity index (χ1v) is 9.86. The van der Waals surface area contributed by atoms with Crippen LogP contribution in [0.2, 0.25) is 0 Å². The fourth-order valence-electron chi connectivity index (χ4n) is 3.62. The zero-order valence-electron chi connectivity index (χ0n) is 17.3. The molecule has 0 spiro atoms. The summed E-state index contributed by atoms with van der Waals surface area (Å²) in [6.07, 6.45) is 0.164. The van der Waals surface area contributed by atoms with E-state index in [4.69, 9.17) is 10.3 Å². The number of likely N-dealkylation sites (tertiary alicyclic amines) is 1. The van der Waals surface area contributed by atoms with Crippen molar-refractivity contribution in [3.8, 4) is 11.1 Å². The van der Waals surface area contributed by atoms with E-state index in [0.717, 1.165) is 16.7 Å². The second-order valence-electron chi connectivity index (χ2n) is 8.26. The first kappa shape index (κ1) is 20.0. The first-order valence-electron chi connectivity index (χ1n) is 9.86. The Kier molecular flexibility index (Phi) is 4.99. The molecule has 7 heteroatoms. The maximum absolute atomic E-state index is 13.2. The minimum Gasteiger partial charge on any atom is -0.337 e. The number of aryl methyl sites for hydroxylation is 1. The van der Waals surface area contributed by atoms with Crippen LogP contribution in [0.15, 0.2) is 53.1 Å². The lowest BCUT2D eigenvalue weighted by Gasteiger charge is -2.21. The van der Waals surface area contributed by atoms with Crippen LogP contribution in [0.3, 0.4) is 0 Å². The normalized spacial score (nSPS) is 16.9. The number of carbonyl (C=O) groups is 2. The van der Waals surface area contributed by atoms with E-state index in [2.05, 4.69) is 23.1 Å². The third-order valence-corrected chi connectivity index (χ3v) is 5.28. The topological polar surface area (TPSA) is 102 Å². The standard InChI is InChI=1S/C23H24N4O3/c1-14-6-4-5-7-18(14)15-8-10-16(11-9-15)21(29)27-13-17(28)12-19(27)20-25-22(30-26-20)23(2,3)24/h4-11,19H,12-13,24H2,1-3H3. The Morgan fingerprint density at radius 2 is 1.87 bits per heavy atom. The molecule has 2 N–H and O–H groups in total. The molecule has 0 bridgehead atoms. The van der Waals surface area contributed by atoms with E-state index in [0.29, 0.717) is 11.4 Å². The van der Waals surface area contributed by atoms with E-state index in [1.54, 1.807) is 26.0 Å². The van der Waals surface area contributed by atoms with Gasteiger partial charge in [-0.3, -0.25) is 9.59 Å². The van der Waals surface area contributed by atoms with Gasteiger partial charge >= 0.3 is 0 Å². The van der Waals surface area contributed by atoms with E-state index in [9.17, 15) is 9.59 Å². The summed E-state index contributed by atoms with van der Waals surface area (Å²) in [4.78, 5) is 31.1. The van der Waals surface area contributed by atoms with Crippen LogP contribution >= 0.6 is 0 Å². The van der Waals surface area contributed by atoms with E-state index in [1.807, 2.05) is 30.3 Å². The van der Waals surface area contributed by atoms with Gasteiger partial charge in [0.05, 0.1) is 12.1 Å². The second kappa shape index (κ2) is 7.50. The average molecular weight is 404 g/mol. The van der Waals surface area contributed by atoms with Gasteiger partial charge in [-0.2, -0.15) is 4.98 Å². The zero-order valence-corrected chi connectivity index (χ0v) is 17.3. The van der Waals surface area contributed by atoms with Crippen molar-refractivity contribution < 1.29 is 14.1 Å². The maximum Gasteiger partial charge on any atom is 0.254 e. The van der Waals surface area contributed by atoms with Crippen LogP contribution in [0, 0.1) is 6.92 Å². The number of hydrogen-bond acceptors (Lipinski definition) is 6. The maximum atomic E-state index is 13.2. The molecule has 0 saturated carbocycles. The summed E-state index contributed by atoms with van der Waals surface area (Å²) < 4.78 is 5.25.